The third kappa shape index (κ3) is 2.31. The lowest BCUT2D eigenvalue weighted by Gasteiger charge is -2.37. The van der Waals surface area contributed by atoms with Crippen molar-refractivity contribution >= 4 is 33.2 Å². The van der Waals surface area contributed by atoms with E-state index >= 15 is 0 Å². The molecule has 4 rings (SSSR count). The maximum Gasteiger partial charge on any atom is 0.0554 e. The van der Waals surface area contributed by atoms with Crippen molar-refractivity contribution in [2.45, 2.75) is 18.4 Å². The monoisotopic (exact) mass is 359 g/mol. The van der Waals surface area contributed by atoms with Gasteiger partial charge in [-0.3, -0.25) is 0 Å². The maximum atomic E-state index is 6.18. The van der Waals surface area contributed by atoms with E-state index in [0.29, 0.717) is 17.9 Å². The van der Waals surface area contributed by atoms with E-state index in [1.54, 1.807) is 0 Å². The predicted octanol–water partition coefficient (Wildman–Crippen LogP) is 5.93. The van der Waals surface area contributed by atoms with E-state index in [4.69, 9.17) is 11.6 Å². The highest BCUT2D eigenvalue weighted by Gasteiger charge is 2.37. The molecule has 106 valence electrons. The maximum absolute atomic E-state index is 6.18. The zero-order chi connectivity index (χ0) is 14.4. The zero-order valence-electron chi connectivity index (χ0n) is 11.4. The second-order valence-electron chi connectivity index (χ2n) is 5.76. The molecule has 0 unspecified atom stereocenters. The summed E-state index contributed by atoms with van der Waals surface area (Å²) < 4.78 is 1.13. The normalized spacial score (nSPS) is 26.1. The van der Waals surface area contributed by atoms with Crippen molar-refractivity contribution < 1.29 is 0 Å². The first-order valence-corrected chi connectivity index (χ1v) is 8.37. The number of hydrogen-bond donors (Lipinski definition) is 1. The van der Waals surface area contributed by atoms with Crippen LogP contribution in [0, 0.1) is 5.92 Å². The minimum absolute atomic E-state index is 0.344. The SMILES string of the molecule is Clc1ccc2c(c1)[C@@H]1C=CC[C@@H]1[C@H](c1cccc(Br)c1)N2. The van der Waals surface area contributed by atoms with Gasteiger partial charge in [-0.1, -0.05) is 51.8 Å². The van der Waals surface area contributed by atoms with Crippen molar-refractivity contribution in [2.24, 2.45) is 5.92 Å². The van der Waals surface area contributed by atoms with Crippen LogP contribution in [0.25, 0.3) is 0 Å². The molecule has 21 heavy (non-hydrogen) atoms. The Bertz CT molecular complexity index is 725. The average Bonchev–Trinajstić information content (AvgIpc) is 2.96. The van der Waals surface area contributed by atoms with Crippen LogP contribution in [0.4, 0.5) is 5.69 Å². The molecule has 0 saturated carbocycles. The molecule has 1 heterocycles. The predicted molar refractivity (Wildman–Crippen MR) is 91.9 cm³/mol. The minimum atomic E-state index is 0.344. The zero-order valence-corrected chi connectivity index (χ0v) is 13.7. The van der Waals surface area contributed by atoms with Crippen molar-refractivity contribution in [3.8, 4) is 0 Å². The molecule has 3 heteroatoms. The summed E-state index contributed by atoms with van der Waals surface area (Å²) in [6.45, 7) is 0. The fourth-order valence-electron chi connectivity index (χ4n) is 3.60. The van der Waals surface area contributed by atoms with Gasteiger partial charge in [-0.15, -0.1) is 0 Å². The number of rotatable bonds is 1. The van der Waals surface area contributed by atoms with Gasteiger partial charge in [0.25, 0.3) is 0 Å². The lowest BCUT2D eigenvalue weighted by molar-refractivity contribution is 0.425. The first-order chi connectivity index (χ1) is 10.2. The standard InChI is InChI=1S/C18H15BrClN/c19-12-4-1-3-11(9-12)18-15-6-2-5-14(15)16-10-13(20)7-8-17(16)21-18/h1-5,7-10,14-15,18,21H,6H2/t14-,15+,18+/m1/s1. The Labute approximate surface area is 138 Å². The molecule has 0 bridgehead atoms. The molecule has 0 saturated heterocycles. The third-order valence-corrected chi connectivity index (χ3v) is 5.26. The van der Waals surface area contributed by atoms with Crippen LogP contribution in [0.5, 0.6) is 0 Å². The number of fused-ring (bicyclic) bond motifs is 3. The van der Waals surface area contributed by atoms with Crippen molar-refractivity contribution in [3.05, 3.63) is 75.2 Å². The number of anilines is 1. The highest BCUT2D eigenvalue weighted by molar-refractivity contribution is 9.10. The van der Waals surface area contributed by atoms with E-state index in [1.807, 2.05) is 6.07 Å². The molecule has 2 aliphatic rings. The topological polar surface area (TPSA) is 12.0 Å². The van der Waals surface area contributed by atoms with E-state index in [1.165, 1.54) is 16.8 Å². The van der Waals surface area contributed by atoms with Gasteiger partial charge < -0.3 is 5.32 Å². The van der Waals surface area contributed by atoms with Crippen LogP contribution >= 0.6 is 27.5 Å². The van der Waals surface area contributed by atoms with Gasteiger partial charge >= 0.3 is 0 Å². The van der Waals surface area contributed by atoms with Crippen LogP contribution in [0.3, 0.4) is 0 Å². The second-order valence-corrected chi connectivity index (χ2v) is 7.11. The Kier molecular flexibility index (Phi) is 3.31. The van der Waals surface area contributed by atoms with Crippen molar-refractivity contribution in [1.82, 2.24) is 0 Å². The molecule has 2 aromatic rings. The molecular formula is C18H15BrClN. The summed E-state index contributed by atoms with van der Waals surface area (Å²) in [6, 6.07) is 15.1. The summed E-state index contributed by atoms with van der Waals surface area (Å²) in [6.07, 6.45) is 5.75. The number of halogens is 2. The summed E-state index contributed by atoms with van der Waals surface area (Å²) in [5.74, 6) is 1.02. The van der Waals surface area contributed by atoms with Gasteiger partial charge in [0.1, 0.15) is 0 Å². The van der Waals surface area contributed by atoms with Crippen molar-refractivity contribution in [3.63, 3.8) is 0 Å². The summed E-state index contributed by atoms with van der Waals surface area (Å²) >= 11 is 9.76. The number of nitrogens with one attached hydrogen (secondary N) is 1. The number of benzene rings is 2. The van der Waals surface area contributed by atoms with Gasteiger partial charge in [-0.25, -0.2) is 0 Å². The average molecular weight is 361 g/mol. The summed E-state index contributed by atoms with van der Waals surface area (Å²) in [5, 5.41) is 4.53. The van der Waals surface area contributed by atoms with Crippen LogP contribution in [0.1, 0.15) is 29.5 Å². The molecule has 1 aliphatic heterocycles. The first-order valence-electron chi connectivity index (χ1n) is 7.20. The van der Waals surface area contributed by atoms with Gasteiger partial charge in [-0.2, -0.15) is 0 Å². The second kappa shape index (κ2) is 5.19. The Balaban J connectivity index is 1.80. The molecule has 1 N–H and O–H groups in total. The fourth-order valence-corrected chi connectivity index (χ4v) is 4.19. The van der Waals surface area contributed by atoms with Crippen LogP contribution in [0.2, 0.25) is 5.02 Å². The van der Waals surface area contributed by atoms with Crippen molar-refractivity contribution in [1.29, 1.82) is 0 Å². The van der Waals surface area contributed by atoms with E-state index in [9.17, 15) is 0 Å². The van der Waals surface area contributed by atoms with Gasteiger partial charge in [0.15, 0.2) is 0 Å². The van der Waals surface area contributed by atoms with Crippen molar-refractivity contribution in [2.75, 3.05) is 5.32 Å². The van der Waals surface area contributed by atoms with Crippen LogP contribution in [-0.2, 0) is 0 Å². The van der Waals surface area contributed by atoms with Gasteiger partial charge in [0.05, 0.1) is 6.04 Å². The van der Waals surface area contributed by atoms with E-state index in [2.05, 4.69) is 69.8 Å². The van der Waals surface area contributed by atoms with Gasteiger partial charge in [0, 0.05) is 21.1 Å². The molecule has 0 aromatic heterocycles. The highest BCUT2D eigenvalue weighted by Crippen LogP contribution is 2.50. The molecule has 2 aromatic carbocycles. The molecule has 1 nitrogen and oxygen atoms in total. The molecule has 3 atom stereocenters. The molecule has 0 fully saturated rings. The molecular weight excluding hydrogens is 346 g/mol. The summed E-state index contributed by atoms with van der Waals surface area (Å²) in [5.41, 5.74) is 3.87. The van der Waals surface area contributed by atoms with Gasteiger partial charge in [0.2, 0.25) is 0 Å². The lowest BCUT2D eigenvalue weighted by Crippen LogP contribution is -2.29. The van der Waals surface area contributed by atoms with E-state index < -0.39 is 0 Å². The van der Waals surface area contributed by atoms with Crippen LogP contribution in [0.15, 0.2) is 59.1 Å². The van der Waals surface area contributed by atoms with E-state index in [-0.39, 0.29) is 0 Å². The summed E-state index contributed by atoms with van der Waals surface area (Å²) in [4.78, 5) is 0. The Hall–Kier alpha value is -1.25. The van der Waals surface area contributed by atoms with Gasteiger partial charge in [-0.05, 0) is 53.8 Å². The first kappa shape index (κ1) is 13.4. The fraction of sp³-hybridized carbons (Fsp3) is 0.222. The third-order valence-electron chi connectivity index (χ3n) is 4.53. The van der Waals surface area contributed by atoms with Crippen LogP contribution < -0.4 is 5.32 Å². The Morgan fingerprint density at radius 1 is 1.14 bits per heavy atom. The quantitative estimate of drug-likeness (QED) is 0.622. The molecule has 1 aliphatic carbocycles. The largest absolute Gasteiger partial charge is 0.378 e. The Morgan fingerprint density at radius 2 is 2.05 bits per heavy atom. The molecule has 0 amide bonds. The van der Waals surface area contributed by atoms with Crippen LogP contribution in [-0.4, -0.2) is 0 Å². The molecule has 0 radical (unpaired) electrons. The number of hydrogen-bond acceptors (Lipinski definition) is 1. The summed E-state index contributed by atoms with van der Waals surface area (Å²) in [7, 11) is 0. The lowest BCUT2D eigenvalue weighted by atomic mass is 9.77. The highest BCUT2D eigenvalue weighted by atomic mass is 79.9. The Morgan fingerprint density at radius 3 is 2.90 bits per heavy atom. The van der Waals surface area contributed by atoms with E-state index in [0.717, 1.165) is 15.9 Å². The molecule has 0 spiro atoms. The minimum Gasteiger partial charge on any atom is -0.378 e. The number of allylic oxidation sites excluding steroid dienone is 2. The smallest absolute Gasteiger partial charge is 0.0554 e.